The Morgan fingerprint density at radius 3 is 2.67 bits per heavy atom. The highest BCUT2D eigenvalue weighted by Crippen LogP contribution is 2.20. The largest absolute Gasteiger partial charge is 0.480 e. The number of carbonyl (C=O) groups is 2. The molecule has 0 aliphatic rings. The number of aliphatic carboxylic acids is 1. The molecular formula is C13H15F2NO4S. The maximum atomic E-state index is 13.0. The van der Waals surface area contributed by atoms with E-state index < -0.39 is 29.6 Å². The van der Waals surface area contributed by atoms with Crippen LogP contribution in [-0.2, 0) is 14.3 Å². The van der Waals surface area contributed by atoms with Crippen molar-refractivity contribution in [2.75, 3.05) is 19.5 Å². The summed E-state index contributed by atoms with van der Waals surface area (Å²) in [5.41, 5.74) is 0. The fourth-order valence-electron chi connectivity index (χ4n) is 1.44. The van der Waals surface area contributed by atoms with E-state index in [1.54, 1.807) is 0 Å². The van der Waals surface area contributed by atoms with Crippen LogP contribution < -0.4 is 5.32 Å². The van der Waals surface area contributed by atoms with Crippen LogP contribution in [0.4, 0.5) is 8.78 Å². The summed E-state index contributed by atoms with van der Waals surface area (Å²) >= 11 is 0.986. The van der Waals surface area contributed by atoms with Gasteiger partial charge in [-0.1, -0.05) is 0 Å². The second kappa shape index (κ2) is 8.58. The van der Waals surface area contributed by atoms with Crippen molar-refractivity contribution in [1.82, 2.24) is 5.32 Å². The summed E-state index contributed by atoms with van der Waals surface area (Å²) in [6.45, 7) is 0.202. The molecule has 0 saturated carbocycles. The maximum Gasteiger partial charge on any atom is 0.326 e. The van der Waals surface area contributed by atoms with E-state index in [9.17, 15) is 18.4 Å². The molecular weight excluding hydrogens is 304 g/mol. The lowest BCUT2D eigenvalue weighted by Gasteiger charge is -2.13. The molecule has 21 heavy (non-hydrogen) atoms. The van der Waals surface area contributed by atoms with Crippen LogP contribution in [0, 0.1) is 11.6 Å². The number of carbonyl (C=O) groups excluding carboxylic acids is 1. The molecule has 0 aromatic heterocycles. The van der Waals surface area contributed by atoms with E-state index in [-0.39, 0.29) is 18.8 Å². The van der Waals surface area contributed by atoms with Gasteiger partial charge in [-0.2, -0.15) is 0 Å². The molecule has 0 aliphatic carbocycles. The number of ether oxygens (including phenoxy) is 1. The second-order valence-corrected chi connectivity index (χ2v) is 5.15. The fourth-order valence-corrected chi connectivity index (χ4v) is 2.18. The van der Waals surface area contributed by atoms with E-state index in [0.29, 0.717) is 4.90 Å². The lowest BCUT2D eigenvalue weighted by molar-refractivity contribution is -0.142. The quantitative estimate of drug-likeness (QED) is 0.713. The van der Waals surface area contributed by atoms with Gasteiger partial charge in [0.25, 0.3) is 0 Å². The molecule has 0 spiro atoms. The number of rotatable bonds is 8. The topological polar surface area (TPSA) is 75.6 Å². The fraction of sp³-hybridized carbons (Fsp3) is 0.385. The molecule has 116 valence electrons. The minimum Gasteiger partial charge on any atom is -0.480 e. The number of methoxy groups -OCH3 is 1. The van der Waals surface area contributed by atoms with Crippen LogP contribution in [0.1, 0.15) is 6.42 Å². The zero-order chi connectivity index (χ0) is 15.8. The summed E-state index contributed by atoms with van der Waals surface area (Å²) in [5, 5.41) is 11.3. The van der Waals surface area contributed by atoms with Crippen LogP contribution in [-0.4, -0.2) is 42.5 Å². The Labute approximate surface area is 124 Å². The smallest absolute Gasteiger partial charge is 0.326 e. The molecule has 0 radical (unpaired) electrons. The van der Waals surface area contributed by atoms with Crippen LogP contribution in [0.3, 0.4) is 0 Å². The number of halogens is 2. The van der Waals surface area contributed by atoms with Gasteiger partial charge in [-0.05, 0) is 18.2 Å². The predicted molar refractivity (Wildman–Crippen MR) is 73.1 cm³/mol. The number of benzene rings is 1. The number of carboxylic acid groups (broad SMARTS) is 1. The van der Waals surface area contributed by atoms with E-state index in [1.165, 1.54) is 13.2 Å². The molecule has 5 nitrogen and oxygen atoms in total. The Morgan fingerprint density at radius 2 is 2.10 bits per heavy atom. The van der Waals surface area contributed by atoms with Gasteiger partial charge in [-0.25, -0.2) is 13.6 Å². The van der Waals surface area contributed by atoms with Gasteiger partial charge in [-0.3, -0.25) is 4.79 Å². The predicted octanol–water partition coefficient (Wildman–Crippen LogP) is 1.66. The molecule has 0 heterocycles. The van der Waals surface area contributed by atoms with Gasteiger partial charge in [0.1, 0.15) is 6.04 Å². The Hall–Kier alpha value is -1.67. The van der Waals surface area contributed by atoms with Gasteiger partial charge in [0.2, 0.25) is 5.91 Å². The van der Waals surface area contributed by atoms with Crippen molar-refractivity contribution in [3.63, 3.8) is 0 Å². The summed E-state index contributed by atoms with van der Waals surface area (Å²) in [7, 11) is 1.43. The highest BCUT2D eigenvalue weighted by Gasteiger charge is 2.19. The molecule has 0 bridgehead atoms. The van der Waals surface area contributed by atoms with Crippen LogP contribution in [0.2, 0.25) is 0 Å². The van der Waals surface area contributed by atoms with E-state index in [2.05, 4.69) is 5.32 Å². The van der Waals surface area contributed by atoms with Crippen molar-refractivity contribution in [3.05, 3.63) is 29.8 Å². The van der Waals surface area contributed by atoms with Gasteiger partial charge in [0, 0.05) is 25.0 Å². The molecule has 1 aromatic rings. The highest BCUT2D eigenvalue weighted by molar-refractivity contribution is 8.00. The molecule has 0 saturated heterocycles. The van der Waals surface area contributed by atoms with Gasteiger partial charge in [-0.15, -0.1) is 11.8 Å². The van der Waals surface area contributed by atoms with Crippen LogP contribution in [0.5, 0.6) is 0 Å². The molecule has 1 unspecified atom stereocenters. The normalized spacial score (nSPS) is 12.0. The SMILES string of the molecule is COCCC(NC(=O)CSc1ccc(F)c(F)c1)C(=O)O. The van der Waals surface area contributed by atoms with E-state index >= 15 is 0 Å². The van der Waals surface area contributed by atoms with Crippen molar-refractivity contribution in [2.24, 2.45) is 0 Å². The average molecular weight is 319 g/mol. The first-order valence-electron chi connectivity index (χ1n) is 6.03. The number of nitrogens with one attached hydrogen (secondary N) is 1. The van der Waals surface area contributed by atoms with Crippen LogP contribution >= 0.6 is 11.8 Å². The van der Waals surface area contributed by atoms with Gasteiger partial charge >= 0.3 is 5.97 Å². The third kappa shape index (κ3) is 6.09. The third-order valence-corrected chi connectivity index (χ3v) is 3.50. The molecule has 1 aromatic carbocycles. The van der Waals surface area contributed by atoms with Gasteiger partial charge in [0.15, 0.2) is 11.6 Å². The van der Waals surface area contributed by atoms with Crippen molar-refractivity contribution >= 4 is 23.6 Å². The van der Waals surface area contributed by atoms with E-state index in [0.717, 1.165) is 23.9 Å². The average Bonchev–Trinajstić information content (AvgIpc) is 2.44. The first-order valence-corrected chi connectivity index (χ1v) is 7.01. The molecule has 8 heteroatoms. The molecule has 1 rings (SSSR count). The zero-order valence-electron chi connectivity index (χ0n) is 11.3. The van der Waals surface area contributed by atoms with Crippen molar-refractivity contribution in [1.29, 1.82) is 0 Å². The lowest BCUT2D eigenvalue weighted by Crippen LogP contribution is -2.42. The van der Waals surface area contributed by atoms with Crippen molar-refractivity contribution in [2.45, 2.75) is 17.4 Å². The monoisotopic (exact) mass is 319 g/mol. The van der Waals surface area contributed by atoms with Crippen LogP contribution in [0.25, 0.3) is 0 Å². The summed E-state index contributed by atoms with van der Waals surface area (Å²) in [6, 6.07) is 2.25. The Kier molecular flexibility index (Phi) is 7.10. The van der Waals surface area contributed by atoms with Crippen molar-refractivity contribution < 1.29 is 28.2 Å². The number of carboxylic acids is 1. The van der Waals surface area contributed by atoms with E-state index in [4.69, 9.17) is 9.84 Å². The Bertz CT molecular complexity index is 513. The molecule has 1 atom stereocenters. The molecule has 0 fully saturated rings. The minimum atomic E-state index is -1.15. The molecule has 2 N–H and O–H groups in total. The number of hydrogen-bond donors (Lipinski definition) is 2. The summed E-state index contributed by atoms with van der Waals surface area (Å²) in [6.07, 6.45) is 0.146. The lowest BCUT2D eigenvalue weighted by atomic mass is 10.2. The summed E-state index contributed by atoms with van der Waals surface area (Å²) < 4.78 is 30.5. The van der Waals surface area contributed by atoms with E-state index in [1.807, 2.05) is 0 Å². The van der Waals surface area contributed by atoms with Crippen LogP contribution in [0.15, 0.2) is 23.1 Å². The molecule has 0 aliphatic heterocycles. The number of hydrogen-bond acceptors (Lipinski definition) is 4. The standard InChI is InChI=1S/C13H15F2NO4S/c1-20-5-4-11(13(18)19)16-12(17)7-21-8-2-3-9(14)10(15)6-8/h2-3,6,11H,4-5,7H2,1H3,(H,16,17)(H,18,19). The number of thioether (sulfide) groups is 1. The van der Waals surface area contributed by atoms with Gasteiger partial charge in [0.05, 0.1) is 5.75 Å². The second-order valence-electron chi connectivity index (χ2n) is 4.10. The summed E-state index contributed by atoms with van der Waals surface area (Å²) in [4.78, 5) is 23.0. The zero-order valence-corrected chi connectivity index (χ0v) is 12.1. The first kappa shape index (κ1) is 17.4. The maximum absolute atomic E-state index is 13.0. The summed E-state index contributed by atoms with van der Waals surface area (Å²) in [5.74, 6) is -3.72. The number of amides is 1. The minimum absolute atomic E-state index is 0.0954. The highest BCUT2D eigenvalue weighted by atomic mass is 32.2. The third-order valence-electron chi connectivity index (χ3n) is 2.50. The Balaban J connectivity index is 2.48. The molecule has 1 amide bonds. The first-order chi connectivity index (χ1) is 9.93. The van der Waals surface area contributed by atoms with Crippen molar-refractivity contribution in [3.8, 4) is 0 Å². The Morgan fingerprint density at radius 1 is 1.38 bits per heavy atom. The van der Waals surface area contributed by atoms with Gasteiger partial charge < -0.3 is 15.2 Å².